The minimum atomic E-state index is 0.790. The van der Waals surface area contributed by atoms with Crippen LogP contribution in [-0.2, 0) is 11.3 Å². The number of hydrogen-bond donors (Lipinski definition) is 1. The lowest BCUT2D eigenvalue weighted by molar-refractivity contribution is 0.197. The van der Waals surface area contributed by atoms with Gasteiger partial charge < -0.3 is 19.5 Å². The van der Waals surface area contributed by atoms with Crippen LogP contribution in [0.5, 0.6) is 0 Å². The summed E-state index contributed by atoms with van der Waals surface area (Å²) in [4.78, 5) is 6.78. The number of nitrogens with one attached hydrogen (secondary N) is 1. The van der Waals surface area contributed by atoms with Gasteiger partial charge in [-0.25, -0.2) is 4.98 Å². The molecule has 1 N–H and O–H groups in total. The van der Waals surface area contributed by atoms with Crippen LogP contribution in [0.1, 0.15) is 19.3 Å². The summed E-state index contributed by atoms with van der Waals surface area (Å²) >= 11 is 0. The molecular formula is C13H24N4O. The maximum absolute atomic E-state index is 5.03. The Hall–Kier alpha value is -1.07. The summed E-state index contributed by atoms with van der Waals surface area (Å²) in [6.07, 6.45) is 7.63. The second-order valence-electron chi connectivity index (χ2n) is 4.93. The van der Waals surface area contributed by atoms with Gasteiger partial charge >= 0.3 is 0 Å². The highest BCUT2D eigenvalue weighted by molar-refractivity contribution is 5.25. The van der Waals surface area contributed by atoms with Gasteiger partial charge in [-0.3, -0.25) is 0 Å². The molecule has 5 heteroatoms. The van der Waals surface area contributed by atoms with E-state index in [0.717, 1.165) is 44.7 Å². The molecule has 0 radical (unpaired) electrons. The Morgan fingerprint density at radius 1 is 1.56 bits per heavy atom. The molecule has 0 spiro atoms. The van der Waals surface area contributed by atoms with Crippen LogP contribution in [0.2, 0.25) is 0 Å². The largest absolute Gasteiger partial charge is 0.385 e. The zero-order chi connectivity index (χ0) is 12.8. The minimum Gasteiger partial charge on any atom is -0.385 e. The molecule has 0 aliphatic heterocycles. The number of anilines is 1. The van der Waals surface area contributed by atoms with Gasteiger partial charge in [-0.2, -0.15) is 0 Å². The molecule has 2 rings (SSSR count). The van der Waals surface area contributed by atoms with Crippen molar-refractivity contribution < 1.29 is 4.74 Å². The van der Waals surface area contributed by atoms with E-state index in [1.54, 1.807) is 7.11 Å². The average molecular weight is 252 g/mol. The predicted octanol–water partition coefficient (Wildman–Crippen LogP) is 1.43. The first-order chi connectivity index (χ1) is 8.81. The summed E-state index contributed by atoms with van der Waals surface area (Å²) in [7, 11) is 3.94. The van der Waals surface area contributed by atoms with Gasteiger partial charge in [0.2, 0.25) is 5.95 Å². The van der Waals surface area contributed by atoms with Crippen LogP contribution in [-0.4, -0.2) is 54.3 Å². The zero-order valence-corrected chi connectivity index (χ0v) is 11.4. The fourth-order valence-corrected chi connectivity index (χ4v) is 2.04. The number of methoxy groups -OCH3 is 1. The molecule has 0 atom stereocenters. The molecule has 0 amide bonds. The van der Waals surface area contributed by atoms with E-state index in [0.29, 0.717) is 0 Å². The summed E-state index contributed by atoms with van der Waals surface area (Å²) in [5.74, 6) is 0.968. The van der Waals surface area contributed by atoms with E-state index in [-0.39, 0.29) is 0 Å². The van der Waals surface area contributed by atoms with E-state index in [1.807, 2.05) is 12.4 Å². The van der Waals surface area contributed by atoms with Crippen molar-refractivity contribution in [2.45, 2.75) is 31.8 Å². The van der Waals surface area contributed by atoms with Gasteiger partial charge in [0.25, 0.3) is 0 Å². The lowest BCUT2D eigenvalue weighted by atomic mass is 10.4. The molecule has 0 bridgehead atoms. The molecule has 1 aliphatic rings. The first-order valence-corrected chi connectivity index (χ1v) is 6.75. The van der Waals surface area contributed by atoms with E-state index in [1.165, 1.54) is 12.8 Å². The molecule has 1 saturated carbocycles. The highest BCUT2D eigenvalue weighted by Crippen LogP contribution is 2.25. The Balaban J connectivity index is 1.72. The molecule has 1 aromatic heterocycles. The van der Waals surface area contributed by atoms with Crippen molar-refractivity contribution in [2.24, 2.45) is 0 Å². The molecule has 1 heterocycles. The number of rotatable bonds is 9. The van der Waals surface area contributed by atoms with Crippen LogP contribution in [0.3, 0.4) is 0 Å². The van der Waals surface area contributed by atoms with Crippen LogP contribution >= 0.6 is 0 Å². The fraction of sp³-hybridized carbons (Fsp3) is 0.769. The molecule has 5 nitrogen and oxygen atoms in total. The summed E-state index contributed by atoms with van der Waals surface area (Å²) in [6, 6.07) is 0.826. The second-order valence-corrected chi connectivity index (χ2v) is 4.93. The molecule has 102 valence electrons. The number of likely N-dealkylation sites (N-methyl/N-ethyl adjacent to an activating group) is 1. The summed E-state index contributed by atoms with van der Waals surface area (Å²) in [5.41, 5.74) is 0. The highest BCUT2D eigenvalue weighted by atomic mass is 16.5. The SMILES string of the molecule is COCCCNc1nccn1CCN(C)C1CC1. The molecule has 0 aromatic carbocycles. The third-order valence-electron chi connectivity index (χ3n) is 3.39. The van der Waals surface area contributed by atoms with E-state index in [9.17, 15) is 0 Å². The maximum atomic E-state index is 5.03. The Labute approximate surface area is 109 Å². The van der Waals surface area contributed by atoms with Crippen molar-refractivity contribution in [1.29, 1.82) is 0 Å². The third-order valence-corrected chi connectivity index (χ3v) is 3.39. The number of ether oxygens (including phenoxy) is 1. The average Bonchev–Trinajstić information content (AvgIpc) is 3.13. The quantitative estimate of drug-likeness (QED) is 0.675. The Morgan fingerprint density at radius 3 is 3.11 bits per heavy atom. The maximum Gasteiger partial charge on any atom is 0.202 e. The lowest BCUT2D eigenvalue weighted by Crippen LogP contribution is -2.25. The van der Waals surface area contributed by atoms with Gasteiger partial charge in [0, 0.05) is 51.8 Å². The van der Waals surface area contributed by atoms with Gasteiger partial charge in [-0.1, -0.05) is 0 Å². The predicted molar refractivity (Wildman–Crippen MR) is 72.9 cm³/mol. The third kappa shape index (κ3) is 3.99. The van der Waals surface area contributed by atoms with Crippen molar-refractivity contribution in [3.05, 3.63) is 12.4 Å². The lowest BCUT2D eigenvalue weighted by Gasteiger charge is -2.17. The van der Waals surface area contributed by atoms with Crippen molar-refractivity contribution >= 4 is 5.95 Å². The van der Waals surface area contributed by atoms with E-state index >= 15 is 0 Å². The van der Waals surface area contributed by atoms with Crippen LogP contribution < -0.4 is 5.32 Å². The van der Waals surface area contributed by atoms with E-state index < -0.39 is 0 Å². The molecule has 1 fully saturated rings. The van der Waals surface area contributed by atoms with Crippen molar-refractivity contribution in [2.75, 3.05) is 39.2 Å². The minimum absolute atomic E-state index is 0.790. The van der Waals surface area contributed by atoms with Crippen molar-refractivity contribution in [3.63, 3.8) is 0 Å². The Morgan fingerprint density at radius 2 is 2.39 bits per heavy atom. The Bertz CT molecular complexity index is 349. The number of imidazole rings is 1. The summed E-state index contributed by atoms with van der Waals surface area (Å²) < 4.78 is 7.22. The number of nitrogens with zero attached hydrogens (tertiary/aromatic N) is 3. The summed E-state index contributed by atoms with van der Waals surface area (Å²) in [6.45, 7) is 3.79. The fourth-order valence-electron chi connectivity index (χ4n) is 2.04. The highest BCUT2D eigenvalue weighted by Gasteiger charge is 2.25. The van der Waals surface area contributed by atoms with Gasteiger partial charge in [0.05, 0.1) is 0 Å². The molecular weight excluding hydrogens is 228 g/mol. The van der Waals surface area contributed by atoms with Crippen LogP contribution in [0.4, 0.5) is 5.95 Å². The van der Waals surface area contributed by atoms with Crippen molar-refractivity contribution in [1.82, 2.24) is 14.5 Å². The molecule has 18 heavy (non-hydrogen) atoms. The van der Waals surface area contributed by atoms with Gasteiger partial charge in [-0.05, 0) is 26.3 Å². The monoisotopic (exact) mass is 252 g/mol. The smallest absolute Gasteiger partial charge is 0.202 e. The molecule has 0 unspecified atom stereocenters. The van der Waals surface area contributed by atoms with Gasteiger partial charge in [-0.15, -0.1) is 0 Å². The van der Waals surface area contributed by atoms with Gasteiger partial charge in [0.15, 0.2) is 0 Å². The molecule has 1 aliphatic carbocycles. The van der Waals surface area contributed by atoms with Gasteiger partial charge in [0.1, 0.15) is 0 Å². The van der Waals surface area contributed by atoms with E-state index in [4.69, 9.17) is 4.74 Å². The van der Waals surface area contributed by atoms with Crippen LogP contribution in [0, 0.1) is 0 Å². The first-order valence-electron chi connectivity index (χ1n) is 6.75. The molecule has 0 saturated heterocycles. The van der Waals surface area contributed by atoms with Crippen LogP contribution in [0.15, 0.2) is 12.4 Å². The van der Waals surface area contributed by atoms with Crippen LogP contribution in [0.25, 0.3) is 0 Å². The Kier molecular flexibility index (Phi) is 5.01. The normalized spacial score (nSPS) is 15.3. The number of aromatic nitrogens is 2. The topological polar surface area (TPSA) is 42.3 Å². The standard InChI is InChI=1S/C13H24N4O/c1-16(12-4-5-12)9-10-17-8-7-15-13(17)14-6-3-11-18-2/h7-8,12H,3-6,9-11H2,1-2H3,(H,14,15). The zero-order valence-electron chi connectivity index (χ0n) is 11.4. The number of hydrogen-bond acceptors (Lipinski definition) is 4. The van der Waals surface area contributed by atoms with E-state index in [2.05, 4.69) is 26.8 Å². The van der Waals surface area contributed by atoms with Crippen molar-refractivity contribution in [3.8, 4) is 0 Å². The molecule has 1 aromatic rings. The summed E-state index contributed by atoms with van der Waals surface area (Å²) in [5, 5.41) is 3.35. The first kappa shape index (κ1) is 13.4. The second kappa shape index (κ2) is 6.75.